The number of ether oxygens (including phenoxy) is 1. The van der Waals surface area contributed by atoms with Crippen LogP contribution in [-0.2, 0) is 4.74 Å². The van der Waals surface area contributed by atoms with Crippen molar-refractivity contribution in [3.63, 3.8) is 0 Å². The molecular formula is C12H17BrN4O2S. The molecule has 3 aliphatic rings. The number of rotatable bonds is 1. The Morgan fingerprint density at radius 3 is 2.50 bits per heavy atom. The highest BCUT2D eigenvalue weighted by atomic mass is 79.9. The van der Waals surface area contributed by atoms with Crippen LogP contribution in [-0.4, -0.2) is 52.0 Å². The zero-order valence-electron chi connectivity index (χ0n) is 11.7. The van der Waals surface area contributed by atoms with Crippen LogP contribution in [0.3, 0.4) is 0 Å². The van der Waals surface area contributed by atoms with Gasteiger partial charge in [0.25, 0.3) is 0 Å². The third-order valence-electron chi connectivity index (χ3n) is 3.46. The molecule has 20 heavy (non-hydrogen) atoms. The van der Waals surface area contributed by atoms with Gasteiger partial charge in [-0.15, -0.1) is 10.2 Å². The van der Waals surface area contributed by atoms with Gasteiger partial charge in [-0.05, 0) is 43.1 Å². The van der Waals surface area contributed by atoms with Gasteiger partial charge >= 0.3 is 6.09 Å². The highest BCUT2D eigenvalue weighted by Gasteiger charge is 2.48. The van der Waals surface area contributed by atoms with E-state index in [-0.39, 0.29) is 6.09 Å². The zero-order chi connectivity index (χ0) is 14.5. The van der Waals surface area contributed by atoms with Gasteiger partial charge in [0.1, 0.15) is 5.60 Å². The highest BCUT2D eigenvalue weighted by molar-refractivity contribution is 9.11. The van der Waals surface area contributed by atoms with Crippen LogP contribution in [0.25, 0.3) is 0 Å². The van der Waals surface area contributed by atoms with Crippen LogP contribution in [0.4, 0.5) is 9.93 Å². The van der Waals surface area contributed by atoms with E-state index >= 15 is 0 Å². The molecule has 2 unspecified atom stereocenters. The lowest BCUT2D eigenvalue weighted by molar-refractivity contribution is 0.00854. The average molecular weight is 361 g/mol. The number of carbonyl (C=O) groups is 1. The van der Waals surface area contributed by atoms with E-state index in [4.69, 9.17) is 4.74 Å². The molecule has 2 atom stereocenters. The summed E-state index contributed by atoms with van der Waals surface area (Å²) in [6.45, 7) is 7.06. The quantitative estimate of drug-likeness (QED) is 0.769. The fraction of sp³-hybridized carbons (Fsp3) is 0.750. The van der Waals surface area contributed by atoms with Crippen LogP contribution >= 0.6 is 27.3 Å². The minimum absolute atomic E-state index is 0.217. The Balaban J connectivity index is 1.63. The molecule has 0 aromatic carbocycles. The number of hydrogen-bond acceptors (Lipinski definition) is 6. The highest BCUT2D eigenvalue weighted by Crippen LogP contribution is 2.39. The van der Waals surface area contributed by atoms with Gasteiger partial charge in [-0.2, -0.15) is 0 Å². The van der Waals surface area contributed by atoms with E-state index in [0.717, 1.165) is 15.5 Å². The topological polar surface area (TPSA) is 58.6 Å². The zero-order valence-corrected chi connectivity index (χ0v) is 14.1. The van der Waals surface area contributed by atoms with Gasteiger partial charge in [0.15, 0.2) is 3.92 Å². The maximum atomic E-state index is 12.1. The molecule has 1 aromatic heterocycles. The average Bonchev–Trinajstić information content (AvgIpc) is 2.73. The SMILES string of the molecule is CC(C)(C)OC(=O)N1CC2CC(C1)N2c1nnc(Br)s1. The minimum atomic E-state index is -0.442. The Hall–Kier alpha value is -0.890. The third-order valence-corrected chi connectivity index (χ3v) is 4.82. The van der Waals surface area contributed by atoms with E-state index in [2.05, 4.69) is 31.0 Å². The summed E-state index contributed by atoms with van der Waals surface area (Å²) >= 11 is 4.87. The van der Waals surface area contributed by atoms with Crippen molar-refractivity contribution in [2.75, 3.05) is 18.0 Å². The maximum absolute atomic E-state index is 12.1. The molecule has 3 aliphatic heterocycles. The lowest BCUT2D eigenvalue weighted by atomic mass is 9.88. The summed E-state index contributed by atoms with van der Waals surface area (Å²) in [6, 6.07) is 0.669. The van der Waals surface area contributed by atoms with Gasteiger partial charge in [-0.1, -0.05) is 11.3 Å². The van der Waals surface area contributed by atoms with Crippen molar-refractivity contribution in [1.82, 2.24) is 15.1 Å². The second-order valence-electron chi connectivity index (χ2n) is 6.17. The number of halogens is 1. The Labute approximate surface area is 130 Å². The summed E-state index contributed by atoms with van der Waals surface area (Å²) in [5, 5.41) is 9.08. The van der Waals surface area contributed by atoms with Crippen LogP contribution in [0.2, 0.25) is 0 Å². The number of piperidine rings is 1. The smallest absolute Gasteiger partial charge is 0.410 e. The Kier molecular flexibility index (Phi) is 3.40. The van der Waals surface area contributed by atoms with Crippen molar-refractivity contribution in [3.8, 4) is 0 Å². The molecule has 3 saturated heterocycles. The summed E-state index contributed by atoms with van der Waals surface area (Å²) in [5.41, 5.74) is -0.442. The van der Waals surface area contributed by atoms with Gasteiger partial charge in [0.2, 0.25) is 5.13 Å². The number of aromatic nitrogens is 2. The van der Waals surface area contributed by atoms with Gasteiger partial charge in [0.05, 0.1) is 12.1 Å². The Bertz CT molecular complexity index is 518. The van der Waals surface area contributed by atoms with E-state index in [1.807, 2.05) is 20.8 Å². The predicted molar refractivity (Wildman–Crippen MR) is 80.1 cm³/mol. The maximum Gasteiger partial charge on any atom is 0.410 e. The van der Waals surface area contributed by atoms with E-state index in [0.29, 0.717) is 25.2 Å². The summed E-state index contributed by atoms with van der Waals surface area (Å²) in [4.78, 5) is 16.1. The van der Waals surface area contributed by atoms with Gasteiger partial charge < -0.3 is 14.5 Å². The summed E-state index contributed by atoms with van der Waals surface area (Å²) in [7, 11) is 0. The summed E-state index contributed by atoms with van der Waals surface area (Å²) in [5.74, 6) is 0. The molecule has 0 radical (unpaired) electrons. The van der Waals surface area contributed by atoms with Crippen molar-refractivity contribution in [2.45, 2.75) is 44.9 Å². The lowest BCUT2D eigenvalue weighted by Crippen LogP contribution is -2.70. The first-order valence-electron chi connectivity index (χ1n) is 6.59. The first-order chi connectivity index (χ1) is 9.33. The first kappa shape index (κ1) is 14.1. The van der Waals surface area contributed by atoms with E-state index in [1.165, 1.54) is 11.3 Å². The molecule has 4 heterocycles. The van der Waals surface area contributed by atoms with Crippen molar-refractivity contribution in [3.05, 3.63) is 3.92 Å². The van der Waals surface area contributed by atoms with Gasteiger partial charge in [-0.25, -0.2) is 4.79 Å². The number of hydrogen-bond donors (Lipinski definition) is 0. The predicted octanol–water partition coefficient (Wildman–Crippen LogP) is 2.50. The lowest BCUT2D eigenvalue weighted by Gasteiger charge is -2.55. The van der Waals surface area contributed by atoms with Crippen molar-refractivity contribution >= 4 is 38.5 Å². The summed E-state index contributed by atoms with van der Waals surface area (Å²) < 4.78 is 6.22. The standard InChI is InChI=1S/C12H17BrN4O2S/c1-12(2,3)19-11(18)16-5-7-4-8(6-16)17(7)10-15-14-9(13)20-10/h7-8H,4-6H2,1-3H3. The second-order valence-corrected chi connectivity index (χ2v) is 8.41. The Morgan fingerprint density at radius 1 is 1.35 bits per heavy atom. The van der Waals surface area contributed by atoms with Crippen LogP contribution in [0.15, 0.2) is 3.92 Å². The number of anilines is 1. The number of amides is 1. The van der Waals surface area contributed by atoms with E-state index in [1.54, 1.807) is 4.90 Å². The monoisotopic (exact) mass is 360 g/mol. The van der Waals surface area contributed by atoms with Crippen molar-refractivity contribution in [2.24, 2.45) is 0 Å². The van der Waals surface area contributed by atoms with E-state index < -0.39 is 5.60 Å². The van der Waals surface area contributed by atoms with Crippen molar-refractivity contribution in [1.29, 1.82) is 0 Å². The van der Waals surface area contributed by atoms with Crippen LogP contribution < -0.4 is 4.90 Å². The molecule has 1 aromatic rings. The molecule has 3 fully saturated rings. The molecule has 110 valence electrons. The van der Waals surface area contributed by atoms with E-state index in [9.17, 15) is 4.79 Å². The van der Waals surface area contributed by atoms with Crippen LogP contribution in [0, 0.1) is 0 Å². The second kappa shape index (κ2) is 4.84. The molecular weight excluding hydrogens is 344 g/mol. The first-order valence-corrected chi connectivity index (χ1v) is 8.20. The fourth-order valence-corrected chi connectivity index (χ4v) is 3.93. The number of nitrogens with zero attached hydrogens (tertiary/aromatic N) is 4. The molecule has 0 saturated carbocycles. The van der Waals surface area contributed by atoms with Crippen LogP contribution in [0.5, 0.6) is 0 Å². The number of fused-ring (bicyclic) bond motifs is 2. The molecule has 2 bridgehead atoms. The van der Waals surface area contributed by atoms with Gasteiger partial charge in [-0.3, -0.25) is 0 Å². The largest absolute Gasteiger partial charge is 0.444 e. The fourth-order valence-electron chi connectivity index (χ4n) is 2.70. The summed E-state index contributed by atoms with van der Waals surface area (Å²) in [6.07, 6.45) is 0.890. The van der Waals surface area contributed by atoms with Crippen molar-refractivity contribution < 1.29 is 9.53 Å². The van der Waals surface area contributed by atoms with Crippen LogP contribution in [0.1, 0.15) is 27.2 Å². The third kappa shape index (κ3) is 2.63. The normalized spacial score (nSPS) is 25.4. The molecule has 1 amide bonds. The Morgan fingerprint density at radius 2 is 2.00 bits per heavy atom. The molecule has 8 heteroatoms. The number of carbonyl (C=O) groups excluding carboxylic acids is 1. The molecule has 4 rings (SSSR count). The number of piperazine rings is 1. The minimum Gasteiger partial charge on any atom is -0.444 e. The molecule has 0 N–H and O–H groups in total. The van der Waals surface area contributed by atoms with Gasteiger partial charge in [0, 0.05) is 13.1 Å². The molecule has 0 spiro atoms. The molecule has 0 aliphatic carbocycles. The molecule has 6 nitrogen and oxygen atoms in total.